The number of carbonyl (C=O) groups excluding carboxylic acids is 1. The first kappa shape index (κ1) is 17.0. The van der Waals surface area contributed by atoms with Gasteiger partial charge in [-0.15, -0.1) is 10.2 Å². The Morgan fingerprint density at radius 3 is 2.52 bits per heavy atom. The van der Waals surface area contributed by atoms with Gasteiger partial charge in [-0.1, -0.05) is 25.1 Å². The molecule has 0 aliphatic heterocycles. The summed E-state index contributed by atoms with van der Waals surface area (Å²) in [5.41, 5.74) is 4.22. The van der Waals surface area contributed by atoms with Crippen molar-refractivity contribution in [3.05, 3.63) is 48.0 Å². The van der Waals surface area contributed by atoms with Gasteiger partial charge in [0.25, 0.3) is 0 Å². The topological polar surface area (TPSA) is 71.8 Å². The second-order valence-electron chi connectivity index (χ2n) is 5.73. The fourth-order valence-corrected chi connectivity index (χ4v) is 2.67. The summed E-state index contributed by atoms with van der Waals surface area (Å²) in [4.78, 5) is 13.2. The van der Waals surface area contributed by atoms with Crippen molar-refractivity contribution in [3.8, 4) is 5.69 Å². The average molecular weight is 353 g/mol. The van der Waals surface area contributed by atoms with Crippen LogP contribution in [0.3, 0.4) is 0 Å². The van der Waals surface area contributed by atoms with E-state index in [0.717, 1.165) is 34.4 Å². The fourth-order valence-electron chi connectivity index (χ4n) is 2.45. The summed E-state index contributed by atoms with van der Waals surface area (Å²) in [5.74, 6) is -0.0891. The van der Waals surface area contributed by atoms with Gasteiger partial charge in [0.05, 0.1) is 5.69 Å². The number of nitrogens with zero attached hydrogens (tertiary/aromatic N) is 3. The highest BCUT2D eigenvalue weighted by molar-refractivity contribution is 7.80. The molecular formula is C18H19N5OS. The first-order valence-electron chi connectivity index (χ1n) is 8.11. The van der Waals surface area contributed by atoms with Crippen LogP contribution in [-0.4, -0.2) is 26.0 Å². The smallest absolute Gasteiger partial charge is 0.226 e. The van der Waals surface area contributed by atoms with E-state index < -0.39 is 0 Å². The van der Waals surface area contributed by atoms with E-state index in [0.29, 0.717) is 6.42 Å². The molecule has 3 aromatic rings. The van der Waals surface area contributed by atoms with Crippen LogP contribution < -0.4 is 10.6 Å². The fraction of sp³-hybridized carbons (Fsp3) is 0.222. The molecule has 0 bridgehead atoms. The number of anilines is 1. The number of rotatable bonds is 4. The standard InChI is InChI=1S/C18H19N5OS/c1-3-7-17(24)20-18(25)19-14-11-16-15(10-12(14)2)21-23(22-16)13-8-5-4-6-9-13/h4-6,8-11H,3,7H2,1-2H3,(H2,19,20,24,25). The van der Waals surface area contributed by atoms with Crippen molar-refractivity contribution in [3.63, 3.8) is 0 Å². The SMILES string of the molecule is CCCC(=O)NC(=S)Nc1cc2nn(-c3ccccc3)nc2cc1C. The Balaban J connectivity index is 1.84. The van der Waals surface area contributed by atoms with Crippen molar-refractivity contribution < 1.29 is 4.79 Å². The highest BCUT2D eigenvalue weighted by atomic mass is 32.1. The molecule has 0 atom stereocenters. The molecular weight excluding hydrogens is 334 g/mol. The quantitative estimate of drug-likeness (QED) is 0.704. The Morgan fingerprint density at radius 2 is 1.84 bits per heavy atom. The Morgan fingerprint density at radius 1 is 1.16 bits per heavy atom. The molecule has 0 fully saturated rings. The number of amides is 1. The monoisotopic (exact) mass is 353 g/mol. The number of hydrogen-bond acceptors (Lipinski definition) is 4. The van der Waals surface area contributed by atoms with E-state index in [1.54, 1.807) is 4.80 Å². The van der Waals surface area contributed by atoms with Gasteiger partial charge in [0, 0.05) is 12.1 Å². The Hall–Kier alpha value is -2.80. The van der Waals surface area contributed by atoms with Crippen molar-refractivity contribution in [1.29, 1.82) is 0 Å². The maximum absolute atomic E-state index is 11.6. The van der Waals surface area contributed by atoms with Gasteiger partial charge >= 0.3 is 0 Å². The Kier molecular flexibility index (Phi) is 5.04. The molecule has 1 heterocycles. The molecule has 7 heteroatoms. The van der Waals surface area contributed by atoms with Crippen LogP contribution in [0.5, 0.6) is 0 Å². The third kappa shape index (κ3) is 4.00. The molecule has 0 unspecified atom stereocenters. The summed E-state index contributed by atoms with van der Waals surface area (Å²) in [7, 11) is 0. The van der Waals surface area contributed by atoms with Gasteiger partial charge in [0.15, 0.2) is 5.11 Å². The molecule has 3 rings (SSSR count). The molecule has 0 spiro atoms. The third-order valence-electron chi connectivity index (χ3n) is 3.69. The Labute approximate surface area is 151 Å². The summed E-state index contributed by atoms with van der Waals surface area (Å²) < 4.78 is 0. The van der Waals surface area contributed by atoms with Crippen LogP contribution >= 0.6 is 12.2 Å². The number of nitrogens with one attached hydrogen (secondary N) is 2. The van der Waals surface area contributed by atoms with Crippen LogP contribution in [0.4, 0.5) is 5.69 Å². The molecule has 0 radical (unpaired) electrons. The van der Waals surface area contributed by atoms with Gasteiger partial charge in [-0.05, 0) is 55.4 Å². The predicted octanol–water partition coefficient (Wildman–Crippen LogP) is 3.34. The minimum atomic E-state index is -0.0891. The predicted molar refractivity (Wildman–Crippen MR) is 103 cm³/mol. The summed E-state index contributed by atoms with van der Waals surface area (Å²) in [6.07, 6.45) is 1.23. The molecule has 6 nitrogen and oxygen atoms in total. The minimum Gasteiger partial charge on any atom is -0.332 e. The van der Waals surface area contributed by atoms with E-state index in [2.05, 4.69) is 20.8 Å². The van der Waals surface area contributed by atoms with Crippen molar-refractivity contribution in [2.75, 3.05) is 5.32 Å². The van der Waals surface area contributed by atoms with Crippen molar-refractivity contribution in [2.45, 2.75) is 26.7 Å². The largest absolute Gasteiger partial charge is 0.332 e. The van der Waals surface area contributed by atoms with Crippen LogP contribution in [0, 0.1) is 6.92 Å². The third-order valence-corrected chi connectivity index (χ3v) is 3.90. The number of benzene rings is 2. The molecule has 2 aromatic carbocycles. The number of fused-ring (bicyclic) bond motifs is 1. The zero-order valence-electron chi connectivity index (χ0n) is 14.1. The zero-order valence-corrected chi connectivity index (χ0v) is 14.9. The van der Waals surface area contributed by atoms with Crippen LogP contribution in [0.15, 0.2) is 42.5 Å². The van der Waals surface area contributed by atoms with E-state index >= 15 is 0 Å². The summed E-state index contributed by atoms with van der Waals surface area (Å²) >= 11 is 5.21. The molecule has 2 N–H and O–H groups in total. The van der Waals surface area contributed by atoms with Crippen LogP contribution in [0.2, 0.25) is 0 Å². The van der Waals surface area contributed by atoms with Crippen LogP contribution in [0.25, 0.3) is 16.7 Å². The van der Waals surface area contributed by atoms with Crippen LogP contribution in [-0.2, 0) is 4.79 Å². The van der Waals surface area contributed by atoms with Crippen molar-refractivity contribution >= 4 is 40.0 Å². The zero-order chi connectivity index (χ0) is 17.8. The number of hydrogen-bond donors (Lipinski definition) is 2. The van der Waals surface area contributed by atoms with Gasteiger partial charge in [-0.25, -0.2) is 0 Å². The lowest BCUT2D eigenvalue weighted by molar-refractivity contribution is -0.119. The molecule has 1 amide bonds. The normalized spacial score (nSPS) is 10.6. The maximum atomic E-state index is 11.6. The lowest BCUT2D eigenvalue weighted by atomic mass is 10.2. The molecule has 1 aromatic heterocycles. The summed E-state index contributed by atoms with van der Waals surface area (Å²) in [6, 6.07) is 13.6. The van der Waals surface area contributed by atoms with E-state index in [9.17, 15) is 4.79 Å². The molecule has 128 valence electrons. The van der Waals surface area contributed by atoms with Crippen molar-refractivity contribution in [2.24, 2.45) is 0 Å². The van der Waals surface area contributed by atoms with Gasteiger partial charge in [-0.2, -0.15) is 4.80 Å². The number of aryl methyl sites for hydroxylation is 1. The first-order chi connectivity index (χ1) is 12.1. The maximum Gasteiger partial charge on any atom is 0.226 e. The van der Waals surface area contributed by atoms with E-state index in [1.165, 1.54) is 0 Å². The minimum absolute atomic E-state index is 0.0891. The highest BCUT2D eigenvalue weighted by Crippen LogP contribution is 2.22. The second-order valence-corrected chi connectivity index (χ2v) is 6.14. The highest BCUT2D eigenvalue weighted by Gasteiger charge is 2.10. The molecule has 0 saturated carbocycles. The van der Waals surface area contributed by atoms with Gasteiger partial charge in [0.1, 0.15) is 11.0 Å². The number of para-hydroxylation sites is 1. The average Bonchev–Trinajstić information content (AvgIpc) is 2.99. The van der Waals surface area contributed by atoms with Gasteiger partial charge in [-0.3, -0.25) is 4.79 Å². The number of carbonyl (C=O) groups is 1. The molecule has 0 aliphatic carbocycles. The number of aromatic nitrogens is 3. The second kappa shape index (κ2) is 7.40. The molecule has 0 saturated heterocycles. The summed E-state index contributed by atoms with van der Waals surface area (Å²) in [5, 5.41) is 15.1. The van der Waals surface area contributed by atoms with Gasteiger partial charge in [0.2, 0.25) is 5.91 Å². The van der Waals surface area contributed by atoms with Crippen LogP contribution in [0.1, 0.15) is 25.3 Å². The first-order valence-corrected chi connectivity index (χ1v) is 8.51. The van der Waals surface area contributed by atoms with Gasteiger partial charge < -0.3 is 10.6 Å². The van der Waals surface area contributed by atoms with E-state index in [1.807, 2.05) is 56.3 Å². The summed E-state index contributed by atoms with van der Waals surface area (Å²) in [6.45, 7) is 3.91. The van der Waals surface area contributed by atoms with Crippen molar-refractivity contribution in [1.82, 2.24) is 20.3 Å². The van der Waals surface area contributed by atoms with E-state index in [-0.39, 0.29) is 11.0 Å². The molecule has 0 aliphatic rings. The molecule has 25 heavy (non-hydrogen) atoms. The lowest BCUT2D eigenvalue weighted by Gasteiger charge is -2.11. The lowest BCUT2D eigenvalue weighted by Crippen LogP contribution is -2.34. The Bertz CT molecular complexity index is 920. The number of thiocarbonyl (C=S) groups is 1. The van der Waals surface area contributed by atoms with E-state index in [4.69, 9.17) is 12.2 Å².